The molecule has 16 heavy (non-hydrogen) atoms. The number of hydrogen-bond donors (Lipinski definition) is 2. The summed E-state index contributed by atoms with van der Waals surface area (Å²) in [4.78, 5) is 11.4. The van der Waals surface area contributed by atoms with Crippen molar-refractivity contribution in [2.24, 2.45) is 11.7 Å². The van der Waals surface area contributed by atoms with Crippen molar-refractivity contribution in [1.29, 1.82) is 0 Å². The maximum Gasteiger partial charge on any atom is 0.310 e. The molecule has 0 aliphatic heterocycles. The van der Waals surface area contributed by atoms with Crippen LogP contribution in [-0.4, -0.2) is 39.8 Å². The molecule has 2 unspecified atom stereocenters. The van der Waals surface area contributed by atoms with Gasteiger partial charge in [-0.3, -0.25) is 4.79 Å². The van der Waals surface area contributed by atoms with E-state index in [0.29, 0.717) is 12.8 Å². The number of carbonyl (C=O) groups excluding carboxylic acids is 1. The van der Waals surface area contributed by atoms with Crippen LogP contribution in [0.15, 0.2) is 0 Å². The Bertz CT molecular complexity index is 341. The summed E-state index contributed by atoms with van der Waals surface area (Å²) in [7, 11) is -2.18. The van der Waals surface area contributed by atoms with Crippen LogP contribution >= 0.6 is 0 Å². The van der Waals surface area contributed by atoms with E-state index in [-0.39, 0.29) is 13.1 Å². The number of rotatable bonds is 5. The average Bonchev–Trinajstić information content (AvgIpc) is 2.75. The molecule has 0 saturated heterocycles. The van der Waals surface area contributed by atoms with Crippen molar-refractivity contribution >= 4 is 16.0 Å². The van der Waals surface area contributed by atoms with Gasteiger partial charge in [0.1, 0.15) is 0 Å². The van der Waals surface area contributed by atoms with Crippen molar-refractivity contribution < 1.29 is 17.9 Å². The van der Waals surface area contributed by atoms with Crippen LogP contribution in [0.3, 0.4) is 0 Å². The minimum atomic E-state index is -3.46. The lowest BCUT2D eigenvalue weighted by Crippen LogP contribution is -2.41. The van der Waals surface area contributed by atoms with Crippen LogP contribution in [0.2, 0.25) is 0 Å². The number of nitrogens with one attached hydrogen (secondary N) is 1. The summed E-state index contributed by atoms with van der Waals surface area (Å²) < 4.78 is 30.7. The highest BCUT2D eigenvalue weighted by atomic mass is 32.2. The second-order valence-corrected chi connectivity index (χ2v) is 5.81. The van der Waals surface area contributed by atoms with E-state index in [2.05, 4.69) is 9.46 Å². The third kappa shape index (κ3) is 2.93. The van der Waals surface area contributed by atoms with Gasteiger partial charge in [0, 0.05) is 13.1 Å². The molecular weight excluding hydrogens is 232 g/mol. The van der Waals surface area contributed by atoms with Crippen LogP contribution in [0.4, 0.5) is 0 Å². The lowest BCUT2D eigenvalue weighted by molar-refractivity contribution is -0.145. The molecule has 1 fully saturated rings. The van der Waals surface area contributed by atoms with Gasteiger partial charge in [-0.1, -0.05) is 6.42 Å². The Balaban J connectivity index is 2.74. The van der Waals surface area contributed by atoms with Crippen LogP contribution in [0.25, 0.3) is 0 Å². The molecule has 1 aliphatic rings. The number of nitrogens with two attached hydrogens (primary N) is 1. The van der Waals surface area contributed by atoms with Crippen LogP contribution < -0.4 is 10.5 Å². The van der Waals surface area contributed by atoms with Crippen LogP contribution in [0.5, 0.6) is 0 Å². The van der Waals surface area contributed by atoms with Gasteiger partial charge in [-0.05, 0) is 12.8 Å². The highest BCUT2D eigenvalue weighted by Crippen LogP contribution is 2.31. The van der Waals surface area contributed by atoms with Crippen LogP contribution in [0, 0.1) is 5.92 Å². The summed E-state index contributed by atoms with van der Waals surface area (Å²) in [5.41, 5.74) is 5.24. The second kappa shape index (κ2) is 5.60. The van der Waals surface area contributed by atoms with Crippen LogP contribution in [0.1, 0.15) is 19.3 Å². The fourth-order valence-corrected chi connectivity index (χ4v) is 3.80. The number of methoxy groups -OCH3 is 1. The summed E-state index contributed by atoms with van der Waals surface area (Å²) in [6.07, 6.45) is 1.80. The number of ether oxygens (including phenoxy) is 1. The molecule has 1 rings (SSSR count). The molecule has 0 aromatic rings. The predicted octanol–water partition coefficient (Wildman–Crippen LogP) is -0.794. The van der Waals surface area contributed by atoms with Crippen molar-refractivity contribution in [3.63, 3.8) is 0 Å². The van der Waals surface area contributed by atoms with Crippen molar-refractivity contribution in [3.8, 4) is 0 Å². The number of carbonyl (C=O) groups is 1. The lowest BCUT2D eigenvalue weighted by atomic mass is 10.1. The van der Waals surface area contributed by atoms with Gasteiger partial charge in [-0.15, -0.1) is 0 Å². The van der Waals surface area contributed by atoms with Crippen molar-refractivity contribution in [2.75, 3.05) is 20.2 Å². The summed E-state index contributed by atoms with van der Waals surface area (Å²) >= 11 is 0. The zero-order chi connectivity index (χ0) is 12.2. The van der Waals surface area contributed by atoms with Crippen molar-refractivity contribution in [3.05, 3.63) is 0 Å². The van der Waals surface area contributed by atoms with E-state index in [1.807, 2.05) is 0 Å². The third-order valence-electron chi connectivity index (χ3n) is 2.80. The first-order valence-corrected chi connectivity index (χ1v) is 6.84. The number of esters is 1. The predicted molar refractivity (Wildman–Crippen MR) is 59.1 cm³/mol. The fraction of sp³-hybridized carbons (Fsp3) is 0.889. The molecular formula is C9H18N2O4S. The normalized spacial score (nSPS) is 25.6. The van der Waals surface area contributed by atoms with Gasteiger partial charge in [0.15, 0.2) is 0 Å². The van der Waals surface area contributed by atoms with E-state index in [1.54, 1.807) is 0 Å². The lowest BCUT2D eigenvalue weighted by Gasteiger charge is -2.18. The Morgan fingerprint density at radius 2 is 2.19 bits per heavy atom. The Morgan fingerprint density at radius 3 is 2.75 bits per heavy atom. The first kappa shape index (κ1) is 13.4. The average molecular weight is 250 g/mol. The van der Waals surface area contributed by atoms with Crippen LogP contribution in [-0.2, 0) is 19.6 Å². The molecule has 1 saturated carbocycles. The van der Waals surface area contributed by atoms with E-state index in [1.165, 1.54) is 7.11 Å². The molecule has 2 atom stereocenters. The molecule has 0 bridgehead atoms. The van der Waals surface area contributed by atoms with E-state index in [4.69, 9.17) is 5.73 Å². The van der Waals surface area contributed by atoms with Gasteiger partial charge in [-0.2, -0.15) is 0 Å². The first-order chi connectivity index (χ1) is 7.53. The summed E-state index contributed by atoms with van der Waals surface area (Å²) in [6, 6.07) is 0. The molecule has 7 heteroatoms. The molecule has 94 valence electrons. The topological polar surface area (TPSA) is 98.5 Å². The number of sulfonamides is 1. The zero-order valence-corrected chi connectivity index (χ0v) is 10.1. The fourth-order valence-electron chi connectivity index (χ4n) is 2.03. The van der Waals surface area contributed by atoms with Gasteiger partial charge in [0.2, 0.25) is 10.0 Å². The number of hydrogen-bond acceptors (Lipinski definition) is 5. The molecule has 0 amide bonds. The molecule has 0 radical (unpaired) electrons. The van der Waals surface area contributed by atoms with Crippen molar-refractivity contribution in [1.82, 2.24) is 4.72 Å². The monoisotopic (exact) mass is 250 g/mol. The molecule has 0 aromatic carbocycles. The van der Waals surface area contributed by atoms with E-state index in [0.717, 1.165) is 6.42 Å². The van der Waals surface area contributed by atoms with E-state index in [9.17, 15) is 13.2 Å². The Labute approximate surface area is 95.6 Å². The largest absolute Gasteiger partial charge is 0.469 e. The second-order valence-electron chi connectivity index (χ2n) is 3.83. The van der Waals surface area contributed by atoms with Gasteiger partial charge in [0.05, 0.1) is 18.3 Å². The Morgan fingerprint density at radius 1 is 1.50 bits per heavy atom. The quantitative estimate of drug-likeness (QED) is 0.623. The molecule has 6 nitrogen and oxygen atoms in total. The zero-order valence-electron chi connectivity index (χ0n) is 9.31. The Hall–Kier alpha value is -0.660. The maximum atomic E-state index is 11.8. The van der Waals surface area contributed by atoms with Crippen molar-refractivity contribution in [2.45, 2.75) is 24.5 Å². The SMILES string of the molecule is COC(=O)C1CCCC1S(=O)(=O)NCCN. The van der Waals surface area contributed by atoms with Gasteiger partial charge >= 0.3 is 5.97 Å². The summed E-state index contributed by atoms with van der Waals surface area (Å²) in [6.45, 7) is 0.446. The Kier molecular flexibility index (Phi) is 4.69. The highest BCUT2D eigenvalue weighted by molar-refractivity contribution is 7.90. The van der Waals surface area contributed by atoms with E-state index < -0.39 is 27.2 Å². The molecule has 0 heterocycles. The van der Waals surface area contributed by atoms with Gasteiger partial charge in [-0.25, -0.2) is 13.1 Å². The highest BCUT2D eigenvalue weighted by Gasteiger charge is 2.41. The smallest absolute Gasteiger partial charge is 0.310 e. The van der Waals surface area contributed by atoms with Gasteiger partial charge < -0.3 is 10.5 Å². The minimum Gasteiger partial charge on any atom is -0.469 e. The third-order valence-corrected chi connectivity index (χ3v) is 4.77. The minimum absolute atomic E-state index is 0.201. The van der Waals surface area contributed by atoms with E-state index >= 15 is 0 Å². The maximum absolute atomic E-state index is 11.8. The summed E-state index contributed by atoms with van der Waals surface area (Å²) in [5, 5.41) is -0.675. The molecule has 0 aromatic heterocycles. The molecule has 3 N–H and O–H groups in total. The molecule has 1 aliphatic carbocycles. The first-order valence-electron chi connectivity index (χ1n) is 5.29. The van der Waals surface area contributed by atoms with Gasteiger partial charge in [0.25, 0.3) is 0 Å². The summed E-state index contributed by atoms with van der Waals surface area (Å²) in [5.74, 6) is -0.985. The standard InChI is InChI=1S/C9H18N2O4S/c1-15-9(12)7-3-2-4-8(7)16(13,14)11-6-5-10/h7-8,11H,2-6,10H2,1H3. The molecule has 0 spiro atoms.